The number of benzene rings is 1. The third-order valence-corrected chi connectivity index (χ3v) is 1.94. The van der Waals surface area contributed by atoms with E-state index >= 15 is 0 Å². The molecule has 0 aliphatic rings. The first-order valence-corrected chi connectivity index (χ1v) is 5.30. The summed E-state index contributed by atoms with van der Waals surface area (Å²) < 4.78 is 12.6. The molecule has 5 nitrogen and oxygen atoms in total. The second-order valence-corrected chi connectivity index (χ2v) is 3.41. The van der Waals surface area contributed by atoms with E-state index in [1.165, 1.54) is 30.3 Å². The average Bonchev–Trinajstić information content (AvgIpc) is 2.36. The molecule has 3 amide bonds. The lowest BCUT2D eigenvalue weighted by molar-refractivity contribution is -0.115. The summed E-state index contributed by atoms with van der Waals surface area (Å²) in [6.07, 6.45) is 1.53. The van der Waals surface area contributed by atoms with Crippen LogP contribution in [0.1, 0.15) is 0 Å². The van der Waals surface area contributed by atoms with Gasteiger partial charge in [-0.05, 0) is 24.3 Å². The Morgan fingerprint density at radius 2 is 1.89 bits per heavy atom. The molecule has 3 N–H and O–H groups in total. The lowest BCUT2D eigenvalue weighted by Gasteiger charge is -2.07. The van der Waals surface area contributed by atoms with Crippen molar-refractivity contribution in [2.24, 2.45) is 0 Å². The monoisotopic (exact) mass is 251 g/mol. The summed E-state index contributed by atoms with van der Waals surface area (Å²) in [5, 5.41) is 7.34. The van der Waals surface area contributed by atoms with E-state index in [9.17, 15) is 14.0 Å². The van der Waals surface area contributed by atoms with Crippen LogP contribution in [-0.2, 0) is 4.79 Å². The maximum absolute atomic E-state index is 12.6. The minimum atomic E-state index is -0.454. The molecule has 18 heavy (non-hydrogen) atoms. The molecule has 0 aliphatic heterocycles. The van der Waals surface area contributed by atoms with Gasteiger partial charge in [0.25, 0.3) is 0 Å². The molecule has 0 unspecified atom stereocenters. The Hall–Kier alpha value is -2.37. The normalized spacial score (nSPS) is 9.39. The van der Waals surface area contributed by atoms with Gasteiger partial charge in [-0.25, -0.2) is 9.18 Å². The van der Waals surface area contributed by atoms with Crippen molar-refractivity contribution < 1.29 is 14.0 Å². The summed E-state index contributed by atoms with van der Waals surface area (Å²) in [6, 6.07) is 4.89. The van der Waals surface area contributed by atoms with E-state index in [0.717, 1.165) is 0 Å². The quantitative estimate of drug-likeness (QED) is 0.689. The van der Waals surface area contributed by atoms with E-state index < -0.39 is 11.9 Å². The third kappa shape index (κ3) is 5.11. The first kappa shape index (κ1) is 13.7. The zero-order valence-corrected chi connectivity index (χ0v) is 9.70. The summed E-state index contributed by atoms with van der Waals surface area (Å²) in [7, 11) is 0. The summed E-state index contributed by atoms with van der Waals surface area (Å²) in [5.41, 5.74) is 0.467. The Bertz CT molecular complexity index is 431. The third-order valence-electron chi connectivity index (χ3n) is 1.94. The lowest BCUT2D eigenvalue weighted by Crippen LogP contribution is -2.40. The number of nitrogens with one attached hydrogen (secondary N) is 3. The van der Waals surface area contributed by atoms with E-state index in [2.05, 4.69) is 22.5 Å². The molecule has 1 aromatic rings. The molecule has 0 atom stereocenters. The van der Waals surface area contributed by atoms with Gasteiger partial charge in [0, 0.05) is 12.2 Å². The maximum atomic E-state index is 12.6. The largest absolute Gasteiger partial charge is 0.335 e. The van der Waals surface area contributed by atoms with E-state index in [4.69, 9.17) is 0 Å². The van der Waals surface area contributed by atoms with Crippen molar-refractivity contribution in [2.45, 2.75) is 0 Å². The second kappa shape index (κ2) is 7.05. The molecule has 0 saturated heterocycles. The van der Waals surface area contributed by atoms with E-state index in [0.29, 0.717) is 12.2 Å². The molecule has 96 valence electrons. The highest BCUT2D eigenvalue weighted by molar-refractivity contribution is 5.94. The second-order valence-electron chi connectivity index (χ2n) is 3.41. The zero-order chi connectivity index (χ0) is 13.4. The van der Waals surface area contributed by atoms with Crippen LogP contribution in [0.4, 0.5) is 14.9 Å². The van der Waals surface area contributed by atoms with Crippen LogP contribution in [0.3, 0.4) is 0 Å². The van der Waals surface area contributed by atoms with Crippen LogP contribution < -0.4 is 16.0 Å². The van der Waals surface area contributed by atoms with Crippen LogP contribution in [0.15, 0.2) is 36.9 Å². The topological polar surface area (TPSA) is 70.2 Å². The number of rotatable bonds is 5. The van der Waals surface area contributed by atoms with Crippen molar-refractivity contribution >= 4 is 17.6 Å². The number of urea groups is 1. The van der Waals surface area contributed by atoms with Gasteiger partial charge in [-0.2, -0.15) is 0 Å². The molecular formula is C12H14FN3O2. The van der Waals surface area contributed by atoms with Gasteiger partial charge in [-0.1, -0.05) is 6.08 Å². The molecule has 6 heteroatoms. The lowest BCUT2D eigenvalue weighted by atomic mass is 10.3. The fourth-order valence-corrected chi connectivity index (χ4v) is 1.13. The standard InChI is InChI=1S/C12H14FN3O2/c1-2-7-14-12(18)15-8-11(17)16-10-5-3-9(13)4-6-10/h2-6H,1,7-8H2,(H,16,17)(H2,14,15,18). The van der Waals surface area contributed by atoms with Crippen molar-refractivity contribution in [3.05, 3.63) is 42.7 Å². The molecule has 0 radical (unpaired) electrons. The number of anilines is 1. The van der Waals surface area contributed by atoms with Gasteiger partial charge in [-0.15, -0.1) is 6.58 Å². The summed E-state index contributed by atoms with van der Waals surface area (Å²) >= 11 is 0. The molecule has 0 heterocycles. The van der Waals surface area contributed by atoms with Gasteiger partial charge in [-0.3, -0.25) is 4.79 Å². The van der Waals surface area contributed by atoms with Gasteiger partial charge in [0.15, 0.2) is 0 Å². The highest BCUT2D eigenvalue weighted by Gasteiger charge is 2.04. The zero-order valence-electron chi connectivity index (χ0n) is 9.70. The molecule has 1 aromatic carbocycles. The predicted octanol–water partition coefficient (Wildman–Crippen LogP) is 1.25. The maximum Gasteiger partial charge on any atom is 0.315 e. The van der Waals surface area contributed by atoms with E-state index in [1.54, 1.807) is 0 Å². The number of amides is 3. The van der Waals surface area contributed by atoms with Crippen LogP contribution in [0.2, 0.25) is 0 Å². The average molecular weight is 251 g/mol. The van der Waals surface area contributed by atoms with Crippen LogP contribution in [0.5, 0.6) is 0 Å². The Balaban J connectivity index is 2.31. The van der Waals surface area contributed by atoms with Crippen molar-refractivity contribution in [3.8, 4) is 0 Å². The SMILES string of the molecule is C=CCNC(=O)NCC(=O)Nc1ccc(F)cc1. The Morgan fingerprint density at radius 1 is 1.22 bits per heavy atom. The van der Waals surface area contributed by atoms with Crippen LogP contribution >= 0.6 is 0 Å². The fourth-order valence-electron chi connectivity index (χ4n) is 1.13. The smallest absolute Gasteiger partial charge is 0.315 e. The van der Waals surface area contributed by atoms with Crippen LogP contribution in [0, 0.1) is 5.82 Å². The van der Waals surface area contributed by atoms with Gasteiger partial charge >= 0.3 is 6.03 Å². The Labute approximate surface area is 104 Å². The molecule has 0 fully saturated rings. The summed E-state index contributed by atoms with van der Waals surface area (Å²) in [5.74, 6) is -0.773. The molecule has 0 bridgehead atoms. The number of hydrogen-bond donors (Lipinski definition) is 3. The van der Waals surface area contributed by atoms with Gasteiger partial charge in [0.2, 0.25) is 5.91 Å². The minimum absolute atomic E-state index is 0.166. The Morgan fingerprint density at radius 3 is 2.50 bits per heavy atom. The molecule has 0 aromatic heterocycles. The summed E-state index contributed by atoms with van der Waals surface area (Å²) in [6.45, 7) is 3.60. The highest BCUT2D eigenvalue weighted by Crippen LogP contribution is 2.07. The molecule has 0 saturated carbocycles. The van der Waals surface area contributed by atoms with Crippen molar-refractivity contribution in [2.75, 3.05) is 18.4 Å². The number of carbonyl (C=O) groups is 2. The predicted molar refractivity (Wildman–Crippen MR) is 66.6 cm³/mol. The first-order chi connectivity index (χ1) is 8.61. The van der Waals surface area contributed by atoms with Gasteiger partial charge in [0.1, 0.15) is 5.82 Å². The first-order valence-electron chi connectivity index (χ1n) is 5.30. The number of carbonyl (C=O) groups excluding carboxylic acids is 2. The van der Waals surface area contributed by atoms with Crippen molar-refractivity contribution in [3.63, 3.8) is 0 Å². The van der Waals surface area contributed by atoms with Crippen LogP contribution in [-0.4, -0.2) is 25.0 Å². The van der Waals surface area contributed by atoms with E-state index in [-0.39, 0.29) is 12.4 Å². The fraction of sp³-hybridized carbons (Fsp3) is 0.167. The highest BCUT2D eigenvalue weighted by atomic mass is 19.1. The van der Waals surface area contributed by atoms with Crippen molar-refractivity contribution in [1.82, 2.24) is 10.6 Å². The molecule has 0 aliphatic carbocycles. The number of hydrogen-bond acceptors (Lipinski definition) is 2. The molecule has 0 spiro atoms. The minimum Gasteiger partial charge on any atom is -0.335 e. The molecule has 1 rings (SSSR count). The van der Waals surface area contributed by atoms with Crippen LogP contribution in [0.25, 0.3) is 0 Å². The Kier molecular flexibility index (Phi) is 5.37. The van der Waals surface area contributed by atoms with Gasteiger partial charge < -0.3 is 16.0 Å². The molecular weight excluding hydrogens is 237 g/mol. The van der Waals surface area contributed by atoms with E-state index in [1.807, 2.05) is 0 Å². The van der Waals surface area contributed by atoms with Crippen molar-refractivity contribution in [1.29, 1.82) is 0 Å². The number of halogens is 1. The summed E-state index contributed by atoms with van der Waals surface area (Å²) in [4.78, 5) is 22.5. The van der Waals surface area contributed by atoms with Gasteiger partial charge in [0.05, 0.1) is 6.54 Å².